The van der Waals surface area contributed by atoms with Gasteiger partial charge in [0.1, 0.15) is 5.82 Å². The van der Waals surface area contributed by atoms with Crippen molar-refractivity contribution in [3.8, 4) is 0 Å². The van der Waals surface area contributed by atoms with Crippen molar-refractivity contribution in [1.29, 1.82) is 0 Å². The number of nitrogens with zero attached hydrogens (tertiary/aromatic N) is 2. The van der Waals surface area contributed by atoms with E-state index in [2.05, 4.69) is 10.2 Å². The number of rotatable bonds is 4. The summed E-state index contributed by atoms with van der Waals surface area (Å²) in [6, 6.07) is 6.65. The number of anilines is 1. The first-order valence-electron chi connectivity index (χ1n) is 9.43. The van der Waals surface area contributed by atoms with Crippen LogP contribution in [0.5, 0.6) is 0 Å². The average Bonchev–Trinajstić information content (AvgIpc) is 2.68. The third-order valence-electron chi connectivity index (χ3n) is 5.18. The summed E-state index contributed by atoms with van der Waals surface area (Å²) < 4.78 is 55.7. The fourth-order valence-electron chi connectivity index (χ4n) is 3.32. The Morgan fingerprint density at radius 2 is 1.80 bits per heavy atom. The summed E-state index contributed by atoms with van der Waals surface area (Å²) in [5.41, 5.74) is -0.193. The van der Waals surface area contributed by atoms with E-state index in [-0.39, 0.29) is 23.4 Å². The second-order valence-corrected chi connectivity index (χ2v) is 8.54. The molecule has 1 N–H and O–H groups in total. The molecule has 3 rings (SSSR count). The van der Waals surface area contributed by atoms with E-state index in [4.69, 9.17) is 0 Å². The fraction of sp³-hybridized carbons (Fsp3) is 0.381. The van der Waals surface area contributed by atoms with Gasteiger partial charge >= 0.3 is 6.18 Å². The van der Waals surface area contributed by atoms with Gasteiger partial charge in [-0.15, -0.1) is 0 Å². The highest BCUT2D eigenvalue weighted by atomic mass is 127. The molecule has 0 atom stereocenters. The van der Waals surface area contributed by atoms with Gasteiger partial charge in [-0.2, -0.15) is 13.2 Å². The number of aryl methyl sites for hydroxylation is 1. The van der Waals surface area contributed by atoms with E-state index in [1.54, 1.807) is 35.6 Å². The van der Waals surface area contributed by atoms with Crippen molar-refractivity contribution >= 4 is 34.2 Å². The van der Waals surface area contributed by atoms with Gasteiger partial charge in [0.15, 0.2) is 0 Å². The van der Waals surface area contributed by atoms with E-state index in [0.717, 1.165) is 19.2 Å². The number of hydrogen-bond acceptors (Lipinski definition) is 3. The SMILES string of the molecule is Cc1ccc(C(=O)Nc2ccc(CN3CCN(C)CC3)c(C(F)(F)F)c2)c(F)c1I. The van der Waals surface area contributed by atoms with Crippen LogP contribution in [0.4, 0.5) is 23.2 Å². The molecular weight excluding hydrogens is 513 g/mol. The molecule has 1 amide bonds. The molecule has 1 heterocycles. The lowest BCUT2D eigenvalue weighted by molar-refractivity contribution is -0.138. The van der Waals surface area contributed by atoms with Crippen molar-refractivity contribution in [2.75, 3.05) is 38.5 Å². The zero-order chi connectivity index (χ0) is 22.1. The molecule has 1 aliphatic rings. The zero-order valence-electron chi connectivity index (χ0n) is 16.6. The van der Waals surface area contributed by atoms with E-state index in [1.807, 2.05) is 11.9 Å². The van der Waals surface area contributed by atoms with Crippen LogP contribution in [0.25, 0.3) is 0 Å². The first kappa shape index (κ1) is 23.0. The van der Waals surface area contributed by atoms with Gasteiger partial charge < -0.3 is 10.2 Å². The van der Waals surface area contributed by atoms with Crippen molar-refractivity contribution in [2.24, 2.45) is 0 Å². The summed E-state index contributed by atoms with van der Waals surface area (Å²) in [4.78, 5) is 16.6. The van der Waals surface area contributed by atoms with E-state index in [1.165, 1.54) is 18.2 Å². The largest absolute Gasteiger partial charge is 0.416 e. The zero-order valence-corrected chi connectivity index (χ0v) is 18.8. The van der Waals surface area contributed by atoms with Gasteiger partial charge in [-0.1, -0.05) is 12.1 Å². The second-order valence-electron chi connectivity index (χ2n) is 7.46. The Labute approximate surface area is 186 Å². The Morgan fingerprint density at radius 3 is 2.43 bits per heavy atom. The minimum Gasteiger partial charge on any atom is -0.322 e. The van der Waals surface area contributed by atoms with Crippen LogP contribution < -0.4 is 5.32 Å². The summed E-state index contributed by atoms with van der Waals surface area (Å²) in [6.45, 7) is 4.88. The van der Waals surface area contributed by atoms with Gasteiger partial charge in [0.05, 0.1) is 14.7 Å². The highest BCUT2D eigenvalue weighted by Gasteiger charge is 2.34. The lowest BCUT2D eigenvalue weighted by Gasteiger charge is -2.33. The molecule has 0 bridgehead atoms. The smallest absolute Gasteiger partial charge is 0.322 e. The number of piperazine rings is 1. The van der Waals surface area contributed by atoms with Gasteiger partial charge in [0.2, 0.25) is 0 Å². The Hall–Kier alpha value is -1.72. The molecule has 2 aromatic carbocycles. The molecule has 0 unspecified atom stereocenters. The number of alkyl halides is 3. The number of likely N-dealkylation sites (N-methyl/N-ethyl adjacent to an activating group) is 1. The first-order valence-corrected chi connectivity index (χ1v) is 10.5. The number of halogens is 5. The Bertz CT molecular complexity index is 941. The number of carbonyl (C=O) groups is 1. The van der Waals surface area contributed by atoms with Crippen LogP contribution >= 0.6 is 22.6 Å². The summed E-state index contributed by atoms with van der Waals surface area (Å²) in [5.74, 6) is -1.47. The molecule has 162 valence electrons. The van der Waals surface area contributed by atoms with Gasteiger partial charge in [-0.3, -0.25) is 9.69 Å². The molecule has 0 radical (unpaired) electrons. The van der Waals surface area contributed by atoms with Crippen LogP contribution in [0.1, 0.15) is 27.0 Å². The minimum absolute atomic E-state index is 0.0237. The Kier molecular flexibility index (Phi) is 7.03. The van der Waals surface area contributed by atoms with Crippen molar-refractivity contribution in [3.05, 3.63) is 62.0 Å². The molecule has 0 aliphatic carbocycles. The molecule has 4 nitrogen and oxygen atoms in total. The average molecular weight is 535 g/mol. The van der Waals surface area contributed by atoms with Gasteiger partial charge in [-0.05, 0) is 65.9 Å². The van der Waals surface area contributed by atoms with Crippen LogP contribution in [0.15, 0.2) is 30.3 Å². The third kappa shape index (κ3) is 5.30. The van der Waals surface area contributed by atoms with Crippen LogP contribution in [0, 0.1) is 16.3 Å². The Morgan fingerprint density at radius 1 is 1.13 bits per heavy atom. The van der Waals surface area contributed by atoms with Gasteiger partial charge in [-0.25, -0.2) is 4.39 Å². The van der Waals surface area contributed by atoms with Crippen molar-refractivity contribution in [1.82, 2.24) is 9.80 Å². The van der Waals surface area contributed by atoms with Crippen molar-refractivity contribution in [2.45, 2.75) is 19.6 Å². The predicted molar refractivity (Wildman–Crippen MR) is 116 cm³/mol. The summed E-state index contributed by atoms with van der Waals surface area (Å²) in [5, 5.41) is 2.39. The van der Waals surface area contributed by atoms with Crippen molar-refractivity contribution in [3.63, 3.8) is 0 Å². The maximum atomic E-state index is 14.4. The predicted octanol–water partition coefficient (Wildman–Crippen LogP) is 4.76. The molecule has 2 aromatic rings. The summed E-state index contributed by atoms with van der Waals surface area (Å²) in [6.07, 6.45) is -4.56. The molecular formula is C21H22F4IN3O. The highest BCUT2D eigenvalue weighted by molar-refractivity contribution is 14.1. The van der Waals surface area contributed by atoms with E-state index >= 15 is 0 Å². The standard InChI is InChI=1S/C21H22F4IN3O/c1-13-3-6-16(18(22)19(13)26)20(30)27-15-5-4-14(17(11-15)21(23,24)25)12-29-9-7-28(2)8-10-29/h3-6,11H,7-10,12H2,1-2H3,(H,27,30). The molecule has 1 aliphatic heterocycles. The van der Waals surface area contributed by atoms with Gasteiger partial charge in [0, 0.05) is 38.4 Å². The lowest BCUT2D eigenvalue weighted by atomic mass is 10.0. The molecule has 1 fully saturated rings. The number of nitrogens with one attached hydrogen (secondary N) is 1. The monoisotopic (exact) mass is 535 g/mol. The molecule has 1 saturated heterocycles. The Balaban J connectivity index is 1.83. The van der Waals surface area contributed by atoms with Crippen LogP contribution in [-0.2, 0) is 12.7 Å². The van der Waals surface area contributed by atoms with Crippen LogP contribution in [-0.4, -0.2) is 48.9 Å². The van der Waals surface area contributed by atoms with E-state index in [9.17, 15) is 22.4 Å². The van der Waals surface area contributed by atoms with E-state index < -0.39 is 23.5 Å². The second kappa shape index (κ2) is 9.19. The highest BCUT2D eigenvalue weighted by Crippen LogP contribution is 2.35. The number of benzene rings is 2. The fourth-order valence-corrected chi connectivity index (χ4v) is 3.79. The van der Waals surface area contributed by atoms with Gasteiger partial charge in [0.25, 0.3) is 5.91 Å². The lowest BCUT2D eigenvalue weighted by Crippen LogP contribution is -2.44. The number of hydrogen-bond donors (Lipinski definition) is 1. The van der Waals surface area contributed by atoms with Crippen LogP contribution in [0.3, 0.4) is 0 Å². The van der Waals surface area contributed by atoms with Crippen molar-refractivity contribution < 1.29 is 22.4 Å². The third-order valence-corrected chi connectivity index (χ3v) is 6.51. The normalized spacial score (nSPS) is 16.0. The minimum atomic E-state index is -4.56. The molecule has 0 saturated carbocycles. The molecule has 0 aromatic heterocycles. The maximum Gasteiger partial charge on any atom is 0.416 e. The summed E-state index contributed by atoms with van der Waals surface area (Å²) >= 11 is 1.79. The first-order chi connectivity index (χ1) is 14.1. The summed E-state index contributed by atoms with van der Waals surface area (Å²) in [7, 11) is 1.98. The van der Waals surface area contributed by atoms with Crippen LogP contribution in [0.2, 0.25) is 0 Å². The molecule has 30 heavy (non-hydrogen) atoms. The quantitative estimate of drug-likeness (QED) is 0.454. The molecule has 0 spiro atoms. The van der Waals surface area contributed by atoms with E-state index in [0.29, 0.717) is 22.2 Å². The number of carbonyl (C=O) groups excluding carboxylic acids is 1. The molecule has 9 heteroatoms. The topological polar surface area (TPSA) is 35.6 Å². The number of amides is 1. The maximum absolute atomic E-state index is 14.4.